The molecular formula is C20H25F3N4O2. The summed E-state index contributed by atoms with van der Waals surface area (Å²) in [4.78, 5) is 14.7. The first kappa shape index (κ1) is 21.2. The number of methoxy groups -OCH3 is 1. The predicted molar refractivity (Wildman–Crippen MR) is 102 cm³/mol. The molecule has 1 aromatic heterocycles. The Kier molecular flexibility index (Phi) is 6.46. The number of hydrogen-bond donors (Lipinski definition) is 1. The third-order valence-corrected chi connectivity index (χ3v) is 5.07. The highest BCUT2D eigenvalue weighted by atomic mass is 19.4. The van der Waals surface area contributed by atoms with E-state index in [1.807, 2.05) is 0 Å². The first-order valence-electron chi connectivity index (χ1n) is 9.69. The third kappa shape index (κ3) is 4.55. The van der Waals surface area contributed by atoms with Crippen LogP contribution in [0.4, 0.5) is 13.2 Å². The van der Waals surface area contributed by atoms with Crippen molar-refractivity contribution in [1.29, 1.82) is 0 Å². The van der Waals surface area contributed by atoms with E-state index in [2.05, 4.69) is 5.10 Å². The average molecular weight is 410 g/mol. The maximum absolute atomic E-state index is 13.5. The zero-order valence-electron chi connectivity index (χ0n) is 16.3. The van der Waals surface area contributed by atoms with Crippen LogP contribution in [0.1, 0.15) is 47.4 Å². The monoisotopic (exact) mass is 410 g/mol. The number of unbranched alkanes of at least 4 members (excludes halogenated alkanes) is 3. The molecule has 1 amide bonds. The number of amides is 1. The Balaban J connectivity index is 1.91. The molecule has 158 valence electrons. The van der Waals surface area contributed by atoms with Crippen LogP contribution in [-0.4, -0.2) is 47.3 Å². The van der Waals surface area contributed by atoms with Crippen LogP contribution in [0.25, 0.3) is 5.69 Å². The zero-order valence-corrected chi connectivity index (χ0v) is 16.3. The van der Waals surface area contributed by atoms with E-state index in [1.54, 1.807) is 29.2 Å². The number of nitrogens with two attached hydrogens (primary N) is 1. The molecule has 0 aliphatic carbocycles. The molecule has 29 heavy (non-hydrogen) atoms. The number of alkyl halides is 3. The fourth-order valence-electron chi connectivity index (χ4n) is 3.56. The fraction of sp³-hybridized carbons (Fsp3) is 0.500. The van der Waals surface area contributed by atoms with Crippen molar-refractivity contribution in [3.8, 4) is 11.4 Å². The summed E-state index contributed by atoms with van der Waals surface area (Å²) in [6.45, 7) is 1.41. The van der Waals surface area contributed by atoms with Gasteiger partial charge >= 0.3 is 6.18 Å². The molecule has 2 heterocycles. The second-order valence-electron chi connectivity index (χ2n) is 7.03. The number of halogens is 3. The zero-order chi connectivity index (χ0) is 21.0. The molecule has 0 saturated heterocycles. The van der Waals surface area contributed by atoms with Gasteiger partial charge in [-0.3, -0.25) is 4.79 Å². The quantitative estimate of drug-likeness (QED) is 0.677. The molecule has 0 fully saturated rings. The van der Waals surface area contributed by atoms with Crippen molar-refractivity contribution in [2.75, 3.05) is 26.7 Å². The minimum Gasteiger partial charge on any atom is -0.497 e. The lowest BCUT2D eigenvalue weighted by Crippen LogP contribution is -2.39. The second kappa shape index (κ2) is 8.86. The third-order valence-electron chi connectivity index (χ3n) is 5.07. The number of ether oxygens (including phenoxy) is 1. The first-order valence-corrected chi connectivity index (χ1v) is 9.69. The Labute approximate surface area is 167 Å². The van der Waals surface area contributed by atoms with Crippen LogP contribution < -0.4 is 10.5 Å². The number of carbonyl (C=O) groups is 1. The maximum Gasteiger partial charge on any atom is 0.435 e. The molecule has 0 unspecified atom stereocenters. The van der Waals surface area contributed by atoms with Crippen molar-refractivity contribution < 1.29 is 22.7 Å². The molecule has 0 saturated carbocycles. The Hall–Kier alpha value is -2.55. The second-order valence-corrected chi connectivity index (χ2v) is 7.03. The predicted octanol–water partition coefficient (Wildman–Crippen LogP) is 3.42. The summed E-state index contributed by atoms with van der Waals surface area (Å²) in [5, 5.41) is 3.78. The van der Waals surface area contributed by atoms with Crippen molar-refractivity contribution in [1.82, 2.24) is 14.7 Å². The fourth-order valence-corrected chi connectivity index (χ4v) is 3.56. The van der Waals surface area contributed by atoms with Gasteiger partial charge in [0, 0.05) is 18.7 Å². The van der Waals surface area contributed by atoms with Gasteiger partial charge in [-0.1, -0.05) is 12.8 Å². The number of hydrogen-bond acceptors (Lipinski definition) is 4. The number of aromatic nitrogens is 2. The van der Waals surface area contributed by atoms with E-state index < -0.39 is 17.8 Å². The Morgan fingerprint density at radius 3 is 2.45 bits per heavy atom. The summed E-state index contributed by atoms with van der Waals surface area (Å²) < 4.78 is 46.8. The SMILES string of the molecule is COc1ccc(-n2nc(C(F)(F)F)c3c2C(=O)N(CCCCCCN)CC3)cc1. The molecule has 0 radical (unpaired) electrons. The molecular weight excluding hydrogens is 385 g/mol. The Morgan fingerprint density at radius 2 is 1.83 bits per heavy atom. The number of carbonyl (C=O) groups excluding carboxylic acids is 1. The van der Waals surface area contributed by atoms with Crippen LogP contribution in [0.5, 0.6) is 5.75 Å². The van der Waals surface area contributed by atoms with Crippen molar-refractivity contribution >= 4 is 5.91 Å². The highest BCUT2D eigenvalue weighted by Gasteiger charge is 2.43. The summed E-state index contributed by atoms with van der Waals surface area (Å²) in [7, 11) is 1.50. The van der Waals surface area contributed by atoms with Gasteiger partial charge in [-0.05, 0) is 50.1 Å². The molecule has 0 atom stereocenters. The topological polar surface area (TPSA) is 73.4 Å². The molecule has 9 heteroatoms. The number of fused-ring (bicyclic) bond motifs is 1. The molecule has 1 aliphatic rings. The first-order chi connectivity index (χ1) is 13.9. The van der Waals surface area contributed by atoms with Gasteiger partial charge in [0.1, 0.15) is 11.4 Å². The van der Waals surface area contributed by atoms with Gasteiger partial charge < -0.3 is 15.4 Å². The van der Waals surface area contributed by atoms with Gasteiger partial charge in [0.15, 0.2) is 5.69 Å². The molecule has 1 aliphatic heterocycles. The lowest BCUT2D eigenvalue weighted by atomic mass is 10.0. The van der Waals surface area contributed by atoms with Crippen molar-refractivity contribution in [2.45, 2.75) is 38.3 Å². The van der Waals surface area contributed by atoms with Crippen molar-refractivity contribution in [2.24, 2.45) is 5.73 Å². The van der Waals surface area contributed by atoms with E-state index in [0.29, 0.717) is 24.5 Å². The van der Waals surface area contributed by atoms with E-state index in [4.69, 9.17) is 10.5 Å². The van der Waals surface area contributed by atoms with Gasteiger partial charge in [-0.15, -0.1) is 0 Å². The van der Waals surface area contributed by atoms with Crippen LogP contribution in [0.15, 0.2) is 24.3 Å². The summed E-state index contributed by atoms with van der Waals surface area (Å²) in [6.07, 6.45) is -0.854. The van der Waals surface area contributed by atoms with Gasteiger partial charge in [0.05, 0.1) is 12.8 Å². The van der Waals surface area contributed by atoms with E-state index in [9.17, 15) is 18.0 Å². The van der Waals surface area contributed by atoms with E-state index in [-0.39, 0.29) is 24.2 Å². The van der Waals surface area contributed by atoms with Crippen LogP contribution in [0, 0.1) is 0 Å². The molecule has 0 bridgehead atoms. The van der Waals surface area contributed by atoms with E-state index in [0.717, 1.165) is 30.4 Å². The molecule has 3 rings (SSSR count). The number of rotatable bonds is 8. The number of benzene rings is 1. The smallest absolute Gasteiger partial charge is 0.435 e. The van der Waals surface area contributed by atoms with E-state index >= 15 is 0 Å². The summed E-state index contributed by atoms with van der Waals surface area (Å²) in [6, 6.07) is 6.43. The number of nitrogens with zero attached hydrogens (tertiary/aromatic N) is 3. The summed E-state index contributed by atoms with van der Waals surface area (Å²) >= 11 is 0. The summed E-state index contributed by atoms with van der Waals surface area (Å²) in [5.41, 5.74) is 4.85. The van der Waals surface area contributed by atoms with Crippen molar-refractivity contribution in [3.63, 3.8) is 0 Å². The minimum absolute atomic E-state index is 0.00398. The molecule has 2 aromatic rings. The lowest BCUT2D eigenvalue weighted by Gasteiger charge is -2.28. The molecule has 0 spiro atoms. The van der Waals surface area contributed by atoms with Crippen LogP contribution in [-0.2, 0) is 12.6 Å². The molecule has 1 aromatic carbocycles. The van der Waals surface area contributed by atoms with Gasteiger partial charge in [-0.2, -0.15) is 18.3 Å². The lowest BCUT2D eigenvalue weighted by molar-refractivity contribution is -0.142. The highest BCUT2D eigenvalue weighted by Crippen LogP contribution is 2.36. The van der Waals surface area contributed by atoms with Crippen LogP contribution in [0.3, 0.4) is 0 Å². The standard InChI is InChI=1S/C20H25F3N4O2/c1-29-15-8-6-14(7-9-15)27-17-16(18(25-27)20(21,22)23)10-13-26(19(17)28)12-5-3-2-4-11-24/h6-9H,2-5,10-13,24H2,1H3. The highest BCUT2D eigenvalue weighted by molar-refractivity contribution is 5.96. The van der Waals surface area contributed by atoms with Gasteiger partial charge in [0.25, 0.3) is 5.91 Å². The molecule has 2 N–H and O–H groups in total. The largest absolute Gasteiger partial charge is 0.497 e. The molecule has 6 nitrogen and oxygen atoms in total. The summed E-state index contributed by atoms with van der Waals surface area (Å²) in [5.74, 6) is 0.153. The normalized spacial score (nSPS) is 14.2. The Morgan fingerprint density at radius 1 is 1.14 bits per heavy atom. The average Bonchev–Trinajstić information content (AvgIpc) is 3.10. The van der Waals surface area contributed by atoms with Crippen LogP contribution in [0.2, 0.25) is 0 Å². The van der Waals surface area contributed by atoms with Crippen LogP contribution >= 0.6 is 0 Å². The van der Waals surface area contributed by atoms with Gasteiger partial charge in [0.2, 0.25) is 0 Å². The van der Waals surface area contributed by atoms with Crippen molar-refractivity contribution in [3.05, 3.63) is 41.2 Å². The Bertz CT molecular complexity index is 847. The minimum atomic E-state index is -4.62. The van der Waals surface area contributed by atoms with E-state index in [1.165, 1.54) is 7.11 Å². The maximum atomic E-state index is 13.5. The van der Waals surface area contributed by atoms with Gasteiger partial charge in [-0.25, -0.2) is 4.68 Å².